The second-order valence-electron chi connectivity index (χ2n) is 6.73. The Morgan fingerprint density at radius 2 is 1.67 bits per heavy atom. The minimum atomic E-state index is -3.71. The third kappa shape index (κ3) is 3.70. The number of hydrogen-bond acceptors (Lipinski definition) is 4. The number of nitrogens with zero attached hydrogens (tertiary/aromatic N) is 3. The molecule has 1 saturated heterocycles. The molecule has 1 heterocycles. The summed E-state index contributed by atoms with van der Waals surface area (Å²) in [6, 6.07) is 16.1. The van der Waals surface area contributed by atoms with Crippen molar-refractivity contribution in [1.82, 2.24) is 9.21 Å². The Morgan fingerprint density at radius 1 is 1.04 bits per heavy atom. The maximum Gasteiger partial charge on any atom is 0.245 e. The smallest absolute Gasteiger partial charge is 0.245 e. The molecule has 1 aliphatic rings. The molecule has 0 aliphatic carbocycles. The molecule has 1 amide bonds. The number of anilines is 1. The highest BCUT2D eigenvalue weighted by atomic mass is 32.2. The average molecular weight is 388 g/mol. The fraction of sp³-hybridized carbons (Fsp3) is 0.350. The van der Waals surface area contributed by atoms with Crippen LogP contribution in [-0.2, 0) is 14.8 Å². The van der Waals surface area contributed by atoms with Gasteiger partial charge in [0.05, 0.1) is 4.90 Å². The third-order valence-electron chi connectivity index (χ3n) is 4.81. The first-order valence-electron chi connectivity index (χ1n) is 9.00. The van der Waals surface area contributed by atoms with Gasteiger partial charge in [0.25, 0.3) is 0 Å². The highest BCUT2D eigenvalue weighted by molar-refractivity contribution is 7.89. The molecule has 3 rings (SSSR count). The highest BCUT2D eigenvalue weighted by Crippen LogP contribution is 2.35. The Bertz CT molecular complexity index is 896. The van der Waals surface area contributed by atoms with Crippen LogP contribution in [0.1, 0.15) is 25.1 Å². The molecule has 6 nitrogen and oxygen atoms in total. The first-order valence-corrected chi connectivity index (χ1v) is 10.4. The van der Waals surface area contributed by atoms with Crippen molar-refractivity contribution in [1.29, 1.82) is 0 Å². The zero-order valence-electron chi connectivity index (χ0n) is 15.9. The Labute approximate surface area is 161 Å². The van der Waals surface area contributed by atoms with E-state index in [0.29, 0.717) is 13.0 Å². The van der Waals surface area contributed by atoms with Crippen LogP contribution in [0.5, 0.6) is 0 Å². The SMILES string of the molecule is CCC(=O)N1CCN(S(=O)(=O)c2ccccc2)C1c1ccc(N(C)C)cc1. The van der Waals surface area contributed by atoms with E-state index in [1.165, 1.54) is 4.31 Å². The molecule has 144 valence electrons. The van der Waals surface area contributed by atoms with E-state index in [1.807, 2.05) is 43.3 Å². The van der Waals surface area contributed by atoms with Gasteiger partial charge in [0.15, 0.2) is 0 Å². The van der Waals surface area contributed by atoms with Crippen LogP contribution < -0.4 is 4.90 Å². The molecular formula is C20H25N3O3S. The first-order chi connectivity index (χ1) is 12.9. The van der Waals surface area contributed by atoms with E-state index in [4.69, 9.17) is 0 Å². The number of carbonyl (C=O) groups is 1. The molecule has 1 aliphatic heterocycles. The van der Waals surface area contributed by atoms with Crippen molar-refractivity contribution >= 4 is 21.6 Å². The summed E-state index contributed by atoms with van der Waals surface area (Å²) in [5.74, 6) is -0.0533. The van der Waals surface area contributed by atoms with E-state index in [2.05, 4.69) is 0 Å². The van der Waals surface area contributed by atoms with Gasteiger partial charge >= 0.3 is 0 Å². The molecule has 2 aromatic carbocycles. The number of sulfonamides is 1. The number of rotatable bonds is 5. The largest absolute Gasteiger partial charge is 0.378 e. The first kappa shape index (κ1) is 19.4. The molecular weight excluding hydrogens is 362 g/mol. The number of hydrogen-bond donors (Lipinski definition) is 0. The molecule has 2 aromatic rings. The van der Waals surface area contributed by atoms with Crippen LogP contribution in [0.15, 0.2) is 59.5 Å². The molecule has 0 aromatic heterocycles. The molecule has 7 heteroatoms. The van der Waals surface area contributed by atoms with Crippen molar-refractivity contribution in [3.8, 4) is 0 Å². The van der Waals surface area contributed by atoms with E-state index in [0.717, 1.165) is 11.3 Å². The van der Waals surface area contributed by atoms with Crippen molar-refractivity contribution in [3.05, 3.63) is 60.2 Å². The summed E-state index contributed by atoms with van der Waals surface area (Å²) in [6.07, 6.45) is -0.287. The van der Waals surface area contributed by atoms with E-state index in [1.54, 1.807) is 42.2 Å². The van der Waals surface area contributed by atoms with Gasteiger partial charge in [-0.1, -0.05) is 37.3 Å². The van der Waals surface area contributed by atoms with Crippen LogP contribution in [0.2, 0.25) is 0 Å². The zero-order chi connectivity index (χ0) is 19.6. The zero-order valence-corrected chi connectivity index (χ0v) is 16.7. The summed E-state index contributed by atoms with van der Waals surface area (Å²) in [5.41, 5.74) is 1.81. The molecule has 1 atom stereocenters. The number of benzene rings is 2. The molecule has 0 bridgehead atoms. The van der Waals surface area contributed by atoms with E-state index < -0.39 is 16.2 Å². The number of amides is 1. The lowest BCUT2D eigenvalue weighted by molar-refractivity contribution is -0.132. The second kappa shape index (κ2) is 7.70. The van der Waals surface area contributed by atoms with Crippen molar-refractivity contribution in [2.75, 3.05) is 32.1 Å². The predicted octanol–water partition coefficient (Wildman–Crippen LogP) is 2.69. The lowest BCUT2D eigenvalue weighted by Crippen LogP contribution is -2.37. The van der Waals surface area contributed by atoms with Gasteiger partial charge in [-0.2, -0.15) is 4.31 Å². The Kier molecular flexibility index (Phi) is 5.53. The highest BCUT2D eigenvalue weighted by Gasteiger charge is 2.42. The van der Waals surface area contributed by atoms with Crippen LogP contribution in [0, 0.1) is 0 Å². The molecule has 0 N–H and O–H groups in total. The number of carbonyl (C=O) groups excluding carboxylic acids is 1. The van der Waals surface area contributed by atoms with Gasteiger partial charge in [-0.25, -0.2) is 8.42 Å². The molecule has 27 heavy (non-hydrogen) atoms. The van der Waals surface area contributed by atoms with Gasteiger partial charge in [-0.15, -0.1) is 0 Å². The Hall–Kier alpha value is -2.38. The van der Waals surface area contributed by atoms with Crippen LogP contribution in [0.4, 0.5) is 5.69 Å². The molecule has 0 radical (unpaired) electrons. The normalized spacial score (nSPS) is 17.9. The molecule has 1 fully saturated rings. The summed E-state index contributed by atoms with van der Waals surface area (Å²) >= 11 is 0. The van der Waals surface area contributed by atoms with Gasteiger partial charge in [0, 0.05) is 39.3 Å². The van der Waals surface area contributed by atoms with E-state index in [-0.39, 0.29) is 17.3 Å². The third-order valence-corrected chi connectivity index (χ3v) is 6.68. The van der Waals surface area contributed by atoms with Crippen molar-refractivity contribution in [3.63, 3.8) is 0 Å². The summed E-state index contributed by atoms with van der Waals surface area (Å²) in [4.78, 5) is 16.4. The molecule has 1 unspecified atom stereocenters. The summed E-state index contributed by atoms with van der Waals surface area (Å²) in [5, 5.41) is 0. The van der Waals surface area contributed by atoms with Gasteiger partial charge in [0.2, 0.25) is 15.9 Å². The van der Waals surface area contributed by atoms with Crippen molar-refractivity contribution in [2.45, 2.75) is 24.4 Å². The van der Waals surface area contributed by atoms with Crippen LogP contribution in [-0.4, -0.2) is 50.7 Å². The summed E-state index contributed by atoms with van der Waals surface area (Å²) in [6.45, 7) is 2.46. The molecule has 0 spiro atoms. The maximum absolute atomic E-state index is 13.2. The minimum Gasteiger partial charge on any atom is -0.378 e. The Morgan fingerprint density at radius 3 is 2.22 bits per heavy atom. The molecule has 0 saturated carbocycles. The lowest BCUT2D eigenvalue weighted by atomic mass is 10.1. The Balaban J connectivity index is 2.04. The van der Waals surface area contributed by atoms with Gasteiger partial charge in [-0.3, -0.25) is 4.79 Å². The fourth-order valence-corrected chi connectivity index (χ4v) is 4.93. The summed E-state index contributed by atoms with van der Waals surface area (Å²) < 4.78 is 27.9. The lowest BCUT2D eigenvalue weighted by Gasteiger charge is -2.30. The second-order valence-corrected chi connectivity index (χ2v) is 8.62. The minimum absolute atomic E-state index is 0.0533. The topological polar surface area (TPSA) is 60.9 Å². The fourth-order valence-electron chi connectivity index (χ4n) is 3.34. The van der Waals surface area contributed by atoms with E-state index in [9.17, 15) is 13.2 Å². The summed E-state index contributed by atoms with van der Waals surface area (Å²) in [7, 11) is 0.188. The standard InChI is InChI=1S/C20H25N3O3S/c1-4-19(24)22-14-15-23(27(25,26)18-8-6-5-7-9-18)20(22)16-10-12-17(13-11-16)21(2)3/h5-13,20H,4,14-15H2,1-3H3. The van der Waals surface area contributed by atoms with Crippen LogP contribution in [0.3, 0.4) is 0 Å². The van der Waals surface area contributed by atoms with Crippen molar-refractivity contribution in [2.24, 2.45) is 0 Å². The quantitative estimate of drug-likeness (QED) is 0.791. The van der Waals surface area contributed by atoms with Crippen LogP contribution in [0.25, 0.3) is 0 Å². The predicted molar refractivity (Wildman–Crippen MR) is 106 cm³/mol. The van der Waals surface area contributed by atoms with Crippen LogP contribution >= 0.6 is 0 Å². The van der Waals surface area contributed by atoms with Gasteiger partial charge in [0.1, 0.15) is 6.17 Å². The monoisotopic (exact) mass is 387 g/mol. The van der Waals surface area contributed by atoms with E-state index >= 15 is 0 Å². The average Bonchev–Trinajstić information content (AvgIpc) is 3.14. The maximum atomic E-state index is 13.2. The van der Waals surface area contributed by atoms with Gasteiger partial charge < -0.3 is 9.80 Å². The van der Waals surface area contributed by atoms with Crippen molar-refractivity contribution < 1.29 is 13.2 Å². The van der Waals surface area contributed by atoms with Gasteiger partial charge in [-0.05, 0) is 29.8 Å².